The first-order valence-electron chi connectivity index (χ1n) is 35.7. The molecular formula is C92H127ClF8O4. The van der Waals surface area contributed by atoms with Gasteiger partial charge in [-0.25, -0.2) is 35.1 Å². The summed E-state index contributed by atoms with van der Waals surface area (Å²) in [6, 6.07) is 34.4. The highest BCUT2D eigenvalue weighted by Crippen LogP contribution is 2.37. The monoisotopic (exact) mass is 1480 g/mol. The summed E-state index contributed by atoms with van der Waals surface area (Å²) in [5.74, 6) is -4.44. The molecule has 0 aliphatic carbocycles. The van der Waals surface area contributed by atoms with Crippen LogP contribution in [0.15, 0.2) is 115 Å². The minimum Gasteiger partial charge on any atom is -0.497 e. The van der Waals surface area contributed by atoms with E-state index in [2.05, 4.69) is 168 Å². The predicted molar refractivity (Wildman–Crippen MR) is 430 cm³/mol. The van der Waals surface area contributed by atoms with Gasteiger partial charge in [-0.2, -0.15) is 0 Å². The Hall–Kier alpha value is -7.31. The summed E-state index contributed by atoms with van der Waals surface area (Å²) in [5, 5.41) is 0.150. The Kier molecular flexibility index (Phi) is 35.5. The van der Waals surface area contributed by atoms with Crippen LogP contribution in [0.2, 0.25) is 5.02 Å². The van der Waals surface area contributed by atoms with E-state index in [0.29, 0.717) is 22.6 Å². The summed E-state index contributed by atoms with van der Waals surface area (Å²) in [5.41, 5.74) is 17.6. The Morgan fingerprint density at radius 3 is 1.07 bits per heavy atom. The second-order valence-corrected chi connectivity index (χ2v) is 35.5. The predicted octanol–water partition coefficient (Wildman–Crippen LogP) is 28.1. The molecule has 0 amide bonds. The van der Waals surface area contributed by atoms with Crippen molar-refractivity contribution >= 4 is 11.6 Å². The highest BCUT2D eigenvalue weighted by atomic mass is 35.5. The zero-order valence-electron chi connectivity index (χ0n) is 70.5. The lowest BCUT2D eigenvalue weighted by Gasteiger charge is -2.23. The minimum atomic E-state index is -1.40. The molecule has 0 N–H and O–H groups in total. The second kappa shape index (κ2) is 39.0. The van der Waals surface area contributed by atoms with Crippen molar-refractivity contribution in [3.8, 4) is 23.0 Å². The summed E-state index contributed by atoms with van der Waals surface area (Å²) in [6.45, 7) is 66.3. The van der Waals surface area contributed by atoms with E-state index in [0.717, 1.165) is 28.5 Å². The van der Waals surface area contributed by atoms with E-state index in [4.69, 9.17) is 30.5 Å². The molecule has 0 aromatic heterocycles. The van der Waals surface area contributed by atoms with Crippen LogP contribution in [0.4, 0.5) is 35.1 Å². The Balaban J connectivity index is 0.000000600. The molecule has 0 aliphatic rings. The molecule has 0 saturated carbocycles. The molecule has 0 spiro atoms. The Bertz CT molecular complexity index is 4030. The first-order valence-corrected chi connectivity index (χ1v) is 36.0. The first-order chi connectivity index (χ1) is 47.5. The lowest BCUT2D eigenvalue weighted by atomic mass is 9.82. The van der Waals surface area contributed by atoms with Crippen LogP contribution < -0.4 is 18.9 Å². The molecule has 8 rings (SSSR count). The molecule has 0 fully saturated rings. The fourth-order valence-corrected chi connectivity index (χ4v) is 11.5. The number of methoxy groups -OCH3 is 4. The van der Waals surface area contributed by atoms with Crippen molar-refractivity contribution in [3.05, 3.63) is 256 Å². The summed E-state index contributed by atoms with van der Waals surface area (Å²) >= 11 is 5.91. The Labute approximate surface area is 634 Å². The van der Waals surface area contributed by atoms with E-state index < -0.39 is 40.3 Å². The van der Waals surface area contributed by atoms with Gasteiger partial charge in [-0.15, -0.1) is 0 Å². The lowest BCUT2D eigenvalue weighted by Crippen LogP contribution is -2.15. The van der Waals surface area contributed by atoms with E-state index in [1.807, 2.05) is 74.4 Å². The van der Waals surface area contributed by atoms with Gasteiger partial charge in [-0.3, -0.25) is 0 Å². The van der Waals surface area contributed by atoms with Crippen molar-refractivity contribution in [2.24, 2.45) is 0 Å². The van der Waals surface area contributed by atoms with Crippen LogP contribution in [0.25, 0.3) is 0 Å². The largest absolute Gasteiger partial charge is 0.497 e. The van der Waals surface area contributed by atoms with Crippen LogP contribution >= 0.6 is 11.6 Å². The van der Waals surface area contributed by atoms with Gasteiger partial charge < -0.3 is 18.9 Å². The van der Waals surface area contributed by atoms with Gasteiger partial charge in [-0.1, -0.05) is 250 Å². The van der Waals surface area contributed by atoms with Gasteiger partial charge in [0.1, 0.15) is 5.75 Å². The molecule has 13 heteroatoms. The number of aryl methyl sites for hydroxylation is 7. The van der Waals surface area contributed by atoms with Crippen LogP contribution in [0.1, 0.15) is 255 Å². The third kappa shape index (κ3) is 29.8. The highest BCUT2D eigenvalue weighted by molar-refractivity contribution is 6.31. The molecule has 0 saturated heterocycles. The molecular weight excluding hydrogens is 1360 g/mol. The van der Waals surface area contributed by atoms with Gasteiger partial charge in [-0.05, 0) is 231 Å². The number of rotatable bonds is 4. The number of halogens is 9. The molecule has 0 heterocycles. The maximum atomic E-state index is 13.5. The molecule has 0 radical (unpaired) electrons. The molecule has 0 unspecified atom stereocenters. The molecule has 582 valence electrons. The van der Waals surface area contributed by atoms with Gasteiger partial charge >= 0.3 is 0 Å². The van der Waals surface area contributed by atoms with Crippen molar-refractivity contribution in [3.63, 3.8) is 0 Å². The number of benzene rings is 8. The minimum absolute atomic E-state index is 0.0207. The summed E-state index contributed by atoms with van der Waals surface area (Å²) in [6.07, 6.45) is 0. The quantitative estimate of drug-likeness (QED) is 0.130. The van der Waals surface area contributed by atoms with Crippen molar-refractivity contribution in [2.45, 2.75) is 265 Å². The van der Waals surface area contributed by atoms with Gasteiger partial charge in [0.05, 0.1) is 33.5 Å². The highest BCUT2D eigenvalue weighted by Gasteiger charge is 2.26. The van der Waals surface area contributed by atoms with E-state index in [1.165, 1.54) is 95.2 Å². The van der Waals surface area contributed by atoms with Crippen LogP contribution in [-0.4, -0.2) is 28.4 Å². The SMILES string of the molecule is CC(C)(C)c1ccc(F)c(F)c1F.COc1cc(C(C)(C)C)ccc1F.COc1ccc(C(C)(C)C)c(C)c1.COc1ccc(C(C)(C)C)c(Cl)c1F.COc1ccc(C(C)(C)C)cc1F.Cc1cc(C)c(C(C)(C)C)cc1C.Cc1cc(C)c(C)c(C(C)(C)C)c1.Cc1ccc(C(C)(C)C)c(F)c1F. The maximum Gasteiger partial charge on any atom is 0.194 e. The van der Waals surface area contributed by atoms with E-state index in [9.17, 15) is 35.1 Å². The zero-order valence-corrected chi connectivity index (χ0v) is 71.3. The van der Waals surface area contributed by atoms with Crippen molar-refractivity contribution < 1.29 is 54.1 Å². The van der Waals surface area contributed by atoms with Crippen molar-refractivity contribution in [2.75, 3.05) is 28.4 Å². The molecule has 0 bridgehead atoms. The van der Waals surface area contributed by atoms with Crippen LogP contribution in [0, 0.1) is 102 Å². The normalized spacial score (nSPS) is 11.7. The van der Waals surface area contributed by atoms with Crippen LogP contribution in [0.5, 0.6) is 23.0 Å². The fourth-order valence-electron chi connectivity index (χ4n) is 11.1. The fraction of sp³-hybridized carbons (Fsp3) is 0.478. The van der Waals surface area contributed by atoms with Gasteiger partial charge in [0, 0.05) is 0 Å². The molecule has 8 aromatic carbocycles. The van der Waals surface area contributed by atoms with Gasteiger partial charge in [0.2, 0.25) is 0 Å². The summed E-state index contributed by atoms with van der Waals surface area (Å²) in [7, 11) is 6.07. The smallest absolute Gasteiger partial charge is 0.194 e. The summed E-state index contributed by atoms with van der Waals surface area (Å²) < 4.78 is 125. The molecule has 0 aliphatic heterocycles. The van der Waals surface area contributed by atoms with Crippen molar-refractivity contribution in [1.82, 2.24) is 0 Å². The van der Waals surface area contributed by atoms with Gasteiger partial charge in [0.15, 0.2) is 63.8 Å². The third-order valence-corrected chi connectivity index (χ3v) is 17.9. The van der Waals surface area contributed by atoms with Crippen LogP contribution in [-0.2, 0) is 43.3 Å². The third-order valence-electron chi connectivity index (χ3n) is 17.5. The molecule has 105 heavy (non-hydrogen) atoms. The topological polar surface area (TPSA) is 36.9 Å². The first kappa shape index (κ1) is 95.7. The average molecular weight is 1480 g/mol. The van der Waals surface area contributed by atoms with E-state index >= 15 is 0 Å². The van der Waals surface area contributed by atoms with E-state index in [1.54, 1.807) is 77.3 Å². The summed E-state index contributed by atoms with van der Waals surface area (Å²) in [4.78, 5) is 0. The lowest BCUT2D eigenvalue weighted by molar-refractivity contribution is 0.384. The zero-order chi connectivity index (χ0) is 82.0. The molecule has 0 atom stereocenters. The van der Waals surface area contributed by atoms with E-state index in [-0.39, 0.29) is 65.9 Å². The second-order valence-electron chi connectivity index (χ2n) is 35.1. The standard InChI is InChI=1S/2C13H20.C12H18O.C11H14ClFO.C11H14F2.2C11H15FO.C10H11F3/c1-9-7-11(3)12(8-10(9)2)13(4,5)6;1-9-7-10(2)11(3)12(8-9)13(4,5)6;1-9-8-10(13-5)6-7-11(9)12(2,3)4;1-11(2,3)7-5-6-8(14-4)10(13)9(7)12;1-7-5-6-8(11(2,3)4)10(13)9(7)12;1-11(2,3)8-5-6-10(13-4)9(12)7-8;1-11(2,3)8-5-6-9(12)10(7-8)13-4;1-10(2,3)6-4-5-7(11)9(13)8(6)12/h2*7-8H,1-6H3;6-8H,1-5H3;5-6H,1-4H3;5-6H,1-4H3;2*5-7H,1-4H3;4-5H,1-3H3. The van der Waals surface area contributed by atoms with Crippen molar-refractivity contribution in [1.29, 1.82) is 0 Å². The molecule has 4 nitrogen and oxygen atoms in total. The molecule has 8 aromatic rings. The van der Waals surface area contributed by atoms with Gasteiger partial charge in [0.25, 0.3) is 0 Å². The number of ether oxygens (including phenoxy) is 4. The number of hydrogen-bond donors (Lipinski definition) is 0. The Morgan fingerprint density at radius 1 is 0.248 bits per heavy atom. The number of hydrogen-bond acceptors (Lipinski definition) is 4. The van der Waals surface area contributed by atoms with Crippen LogP contribution in [0.3, 0.4) is 0 Å². The maximum absolute atomic E-state index is 13.5. The Morgan fingerprint density at radius 2 is 0.638 bits per heavy atom. The average Bonchev–Trinajstić information content (AvgIpc) is 0.815.